The van der Waals surface area contributed by atoms with Gasteiger partial charge < -0.3 is 0 Å². The highest BCUT2D eigenvalue weighted by molar-refractivity contribution is 8.01. The van der Waals surface area contributed by atoms with Gasteiger partial charge in [-0.05, 0) is 18.6 Å². The van der Waals surface area contributed by atoms with E-state index in [9.17, 15) is 0 Å². The highest BCUT2D eigenvalue weighted by Gasteiger charge is 2.17. The molecule has 17 heavy (non-hydrogen) atoms. The van der Waals surface area contributed by atoms with Crippen LogP contribution < -0.4 is 5.19 Å². The molecule has 0 aliphatic rings. The summed E-state index contributed by atoms with van der Waals surface area (Å²) in [6.07, 6.45) is 1.86. The van der Waals surface area contributed by atoms with Gasteiger partial charge in [0.25, 0.3) is 0 Å². The molecule has 90 valence electrons. The minimum Gasteiger partial charge on any atom is -0.238 e. The van der Waals surface area contributed by atoms with Crippen LogP contribution >= 0.6 is 23.1 Å². The number of hydrogen-bond donors (Lipinski definition) is 0. The largest absolute Gasteiger partial charge is 0.238 e. The second-order valence-corrected chi connectivity index (χ2v) is 12.4. The van der Waals surface area contributed by atoms with E-state index in [-0.39, 0.29) is 0 Å². The molecule has 2 rings (SSSR count). The number of aryl methyl sites for hydroxylation is 1. The highest BCUT2D eigenvalue weighted by Crippen LogP contribution is 2.31. The van der Waals surface area contributed by atoms with E-state index in [4.69, 9.17) is 0 Å². The molecule has 0 spiro atoms. The Bertz CT molecular complexity index is 501. The van der Waals surface area contributed by atoms with Crippen LogP contribution in [0.5, 0.6) is 0 Å². The predicted molar refractivity (Wildman–Crippen MR) is 80.4 cm³/mol. The lowest BCUT2D eigenvalue weighted by atomic mass is 10.2. The van der Waals surface area contributed by atoms with Gasteiger partial charge in [-0.2, -0.15) is 0 Å². The average Bonchev–Trinajstić information content (AvgIpc) is 2.72. The molecule has 0 bridgehead atoms. The molecule has 2 aromatic rings. The Morgan fingerprint density at radius 3 is 2.53 bits per heavy atom. The molecule has 0 aliphatic carbocycles. The van der Waals surface area contributed by atoms with Crippen LogP contribution in [0.2, 0.25) is 19.6 Å². The van der Waals surface area contributed by atoms with Crippen molar-refractivity contribution in [2.45, 2.75) is 35.8 Å². The van der Waals surface area contributed by atoms with Crippen LogP contribution in [0, 0.1) is 6.92 Å². The van der Waals surface area contributed by atoms with Crippen LogP contribution in [0.3, 0.4) is 0 Å². The summed E-state index contributed by atoms with van der Waals surface area (Å²) < 4.78 is 1.12. The van der Waals surface area contributed by atoms with Gasteiger partial charge in [0, 0.05) is 16.5 Å². The Balaban J connectivity index is 2.26. The number of thiazole rings is 1. The van der Waals surface area contributed by atoms with Gasteiger partial charge in [0.2, 0.25) is 0 Å². The summed E-state index contributed by atoms with van der Waals surface area (Å²) in [6, 6.07) is 6.88. The molecule has 0 unspecified atom stereocenters. The van der Waals surface area contributed by atoms with Crippen molar-refractivity contribution in [1.82, 2.24) is 4.98 Å². The fourth-order valence-electron chi connectivity index (χ4n) is 1.59. The first kappa shape index (κ1) is 12.9. The quantitative estimate of drug-likeness (QED) is 0.783. The van der Waals surface area contributed by atoms with Crippen LogP contribution in [0.15, 0.2) is 39.0 Å². The Morgan fingerprint density at radius 2 is 2.00 bits per heavy atom. The number of aromatic nitrogens is 1. The molecule has 1 nitrogen and oxygen atoms in total. The Hall–Kier alpha value is -0.583. The monoisotopic (exact) mass is 279 g/mol. The lowest BCUT2D eigenvalue weighted by molar-refractivity contribution is 1.23. The first-order valence-electron chi connectivity index (χ1n) is 5.65. The summed E-state index contributed by atoms with van der Waals surface area (Å²) in [5.74, 6) is 0. The summed E-state index contributed by atoms with van der Waals surface area (Å²) >= 11 is 3.46. The molecule has 1 aromatic carbocycles. The topological polar surface area (TPSA) is 12.9 Å². The SMILES string of the molecule is Cc1cc([Si](C)(C)C)ccc1Sc1nccs1. The lowest BCUT2D eigenvalue weighted by Gasteiger charge is -2.18. The molecule has 1 aromatic heterocycles. The minimum atomic E-state index is -1.19. The fraction of sp³-hybridized carbons (Fsp3) is 0.308. The van der Waals surface area contributed by atoms with E-state index in [1.807, 2.05) is 11.6 Å². The third kappa shape index (κ3) is 3.21. The number of nitrogens with zero attached hydrogens (tertiary/aromatic N) is 1. The summed E-state index contributed by atoms with van der Waals surface area (Å²) in [6.45, 7) is 9.35. The molecule has 0 radical (unpaired) electrons. The molecule has 1 heterocycles. The molecule has 0 atom stereocenters. The van der Waals surface area contributed by atoms with Gasteiger partial charge in [0.15, 0.2) is 4.34 Å². The zero-order valence-corrected chi connectivity index (χ0v) is 13.3. The van der Waals surface area contributed by atoms with Gasteiger partial charge in [-0.25, -0.2) is 4.98 Å². The fourth-order valence-corrected chi connectivity index (χ4v) is 4.46. The second kappa shape index (κ2) is 4.96. The molecule has 0 aliphatic heterocycles. The van der Waals surface area contributed by atoms with Crippen molar-refractivity contribution >= 4 is 36.4 Å². The van der Waals surface area contributed by atoms with Crippen molar-refractivity contribution in [1.29, 1.82) is 0 Å². The first-order chi connectivity index (χ1) is 7.97. The van der Waals surface area contributed by atoms with Crippen LogP contribution in [0.25, 0.3) is 0 Å². The van der Waals surface area contributed by atoms with Crippen molar-refractivity contribution in [3.63, 3.8) is 0 Å². The summed E-state index contributed by atoms with van der Waals surface area (Å²) in [5, 5.41) is 3.55. The van der Waals surface area contributed by atoms with Gasteiger partial charge >= 0.3 is 0 Å². The molecular formula is C13H17NS2Si. The number of hydrogen-bond acceptors (Lipinski definition) is 3. The van der Waals surface area contributed by atoms with Crippen LogP contribution in [-0.2, 0) is 0 Å². The van der Waals surface area contributed by atoms with E-state index >= 15 is 0 Å². The zero-order valence-electron chi connectivity index (χ0n) is 10.7. The van der Waals surface area contributed by atoms with Gasteiger partial charge in [-0.15, -0.1) is 11.3 Å². The van der Waals surface area contributed by atoms with E-state index in [0.29, 0.717) is 0 Å². The Kier molecular flexibility index (Phi) is 3.75. The second-order valence-electron chi connectivity index (χ2n) is 5.13. The summed E-state index contributed by atoms with van der Waals surface area (Å²) in [4.78, 5) is 5.64. The molecule has 4 heteroatoms. The smallest absolute Gasteiger partial charge is 0.154 e. The highest BCUT2D eigenvalue weighted by atomic mass is 32.2. The number of rotatable bonds is 3. The molecule has 0 N–H and O–H groups in total. The maximum Gasteiger partial charge on any atom is 0.154 e. The van der Waals surface area contributed by atoms with Gasteiger partial charge in [-0.3, -0.25) is 0 Å². The molecule has 0 amide bonds. The van der Waals surface area contributed by atoms with Crippen LogP contribution in [0.4, 0.5) is 0 Å². The average molecular weight is 280 g/mol. The summed E-state index contributed by atoms with van der Waals surface area (Å²) in [7, 11) is -1.19. The van der Waals surface area contributed by atoms with Crippen LogP contribution in [0.1, 0.15) is 5.56 Å². The van der Waals surface area contributed by atoms with Crippen molar-refractivity contribution in [2.24, 2.45) is 0 Å². The van der Waals surface area contributed by atoms with Crippen molar-refractivity contribution < 1.29 is 0 Å². The van der Waals surface area contributed by atoms with E-state index in [1.54, 1.807) is 23.1 Å². The maximum atomic E-state index is 4.31. The third-order valence-corrected chi connectivity index (χ3v) is 6.75. The minimum absolute atomic E-state index is 1.12. The van der Waals surface area contributed by atoms with Gasteiger partial charge in [-0.1, -0.05) is 48.7 Å². The first-order valence-corrected chi connectivity index (χ1v) is 10.8. The van der Waals surface area contributed by atoms with E-state index in [0.717, 1.165) is 4.34 Å². The third-order valence-electron chi connectivity index (χ3n) is 2.65. The molecule has 0 saturated heterocycles. The lowest BCUT2D eigenvalue weighted by Crippen LogP contribution is -2.37. The van der Waals surface area contributed by atoms with Crippen LogP contribution in [-0.4, -0.2) is 13.1 Å². The Morgan fingerprint density at radius 1 is 1.24 bits per heavy atom. The maximum absolute atomic E-state index is 4.31. The van der Waals surface area contributed by atoms with E-state index in [2.05, 4.69) is 49.7 Å². The normalized spacial score (nSPS) is 11.8. The van der Waals surface area contributed by atoms with Crippen molar-refractivity contribution in [3.8, 4) is 0 Å². The van der Waals surface area contributed by atoms with E-state index in [1.165, 1.54) is 15.6 Å². The van der Waals surface area contributed by atoms with Crippen molar-refractivity contribution in [3.05, 3.63) is 35.3 Å². The Labute approximate surface area is 112 Å². The van der Waals surface area contributed by atoms with Gasteiger partial charge in [0.05, 0.1) is 8.07 Å². The standard InChI is InChI=1S/C13H17NS2Si/c1-10-9-11(17(2,3)4)5-6-12(10)16-13-14-7-8-15-13/h5-9H,1-4H3. The van der Waals surface area contributed by atoms with Gasteiger partial charge in [0.1, 0.15) is 0 Å². The van der Waals surface area contributed by atoms with Crippen molar-refractivity contribution in [2.75, 3.05) is 0 Å². The molecule has 0 fully saturated rings. The summed E-state index contributed by atoms with van der Waals surface area (Å²) in [5.41, 5.74) is 1.37. The predicted octanol–water partition coefficient (Wildman–Crippen LogP) is 4.15. The molecule has 0 saturated carbocycles. The zero-order chi connectivity index (χ0) is 12.5. The molecular weight excluding hydrogens is 262 g/mol. The van der Waals surface area contributed by atoms with E-state index < -0.39 is 8.07 Å². The number of benzene rings is 1.